The van der Waals surface area contributed by atoms with Gasteiger partial charge in [-0.1, -0.05) is 0 Å². The van der Waals surface area contributed by atoms with E-state index in [4.69, 9.17) is 9.47 Å². The molecule has 0 aliphatic carbocycles. The van der Waals surface area contributed by atoms with Crippen LogP contribution in [0.25, 0.3) is 0 Å². The summed E-state index contributed by atoms with van der Waals surface area (Å²) in [5.41, 5.74) is -0.527. The quantitative estimate of drug-likeness (QED) is 0.675. The molecule has 18 heavy (non-hydrogen) atoms. The van der Waals surface area contributed by atoms with E-state index >= 15 is 0 Å². The summed E-state index contributed by atoms with van der Waals surface area (Å²) in [6, 6.07) is 6.99. The van der Waals surface area contributed by atoms with E-state index in [0.717, 1.165) is 0 Å². The second-order valence-electron chi connectivity index (χ2n) is 4.77. The van der Waals surface area contributed by atoms with Crippen LogP contribution in [0.3, 0.4) is 0 Å². The van der Waals surface area contributed by atoms with Crippen molar-refractivity contribution in [3.05, 3.63) is 24.3 Å². The number of benzene rings is 1. The summed E-state index contributed by atoms with van der Waals surface area (Å²) in [6.07, 6.45) is 0. The molecular formula is C13H19O4S+. The molecule has 0 bridgehead atoms. The molecule has 0 heterocycles. The molecular weight excluding hydrogens is 252 g/mol. The van der Waals surface area contributed by atoms with Crippen LogP contribution in [0.15, 0.2) is 29.2 Å². The first-order chi connectivity index (χ1) is 8.31. The minimum atomic E-state index is -1.14. The molecule has 0 aromatic heterocycles. The highest BCUT2D eigenvalue weighted by Gasteiger charge is 2.28. The Bertz CT molecular complexity index is 394. The molecule has 0 radical (unpaired) electrons. The van der Waals surface area contributed by atoms with Crippen LogP contribution in [-0.2, 0) is 20.7 Å². The maximum absolute atomic E-state index is 11.6. The SMILES string of the molecule is COc1ccc([S+](O)CC(=O)OC(C)(C)C)cc1. The van der Waals surface area contributed by atoms with Gasteiger partial charge in [-0.25, -0.2) is 4.79 Å². The lowest BCUT2D eigenvalue weighted by atomic mass is 10.2. The molecule has 100 valence electrons. The van der Waals surface area contributed by atoms with Crippen LogP contribution in [0.4, 0.5) is 0 Å². The van der Waals surface area contributed by atoms with Crippen LogP contribution in [0, 0.1) is 0 Å². The predicted molar refractivity (Wildman–Crippen MR) is 72.0 cm³/mol. The van der Waals surface area contributed by atoms with Crippen molar-refractivity contribution in [3.63, 3.8) is 0 Å². The number of hydrogen-bond acceptors (Lipinski definition) is 4. The Labute approximate surface area is 110 Å². The highest BCUT2D eigenvalue weighted by molar-refractivity contribution is 7.92. The summed E-state index contributed by atoms with van der Waals surface area (Å²) in [6.45, 7) is 5.40. The van der Waals surface area contributed by atoms with Gasteiger partial charge >= 0.3 is 5.97 Å². The topological polar surface area (TPSA) is 55.8 Å². The second-order valence-corrected chi connectivity index (χ2v) is 6.26. The minimum absolute atomic E-state index is 0.0242. The van der Waals surface area contributed by atoms with Gasteiger partial charge in [0.05, 0.1) is 7.11 Å². The van der Waals surface area contributed by atoms with Crippen molar-refractivity contribution in [1.82, 2.24) is 0 Å². The van der Waals surface area contributed by atoms with Crippen molar-refractivity contribution >= 4 is 17.1 Å². The van der Waals surface area contributed by atoms with Gasteiger partial charge in [0.25, 0.3) is 0 Å². The fourth-order valence-corrected chi connectivity index (χ4v) is 2.20. The van der Waals surface area contributed by atoms with Gasteiger partial charge < -0.3 is 9.47 Å². The molecule has 0 saturated carbocycles. The Morgan fingerprint density at radius 2 is 1.83 bits per heavy atom. The monoisotopic (exact) mass is 271 g/mol. The fraction of sp³-hybridized carbons (Fsp3) is 0.462. The molecule has 1 rings (SSSR count). The summed E-state index contributed by atoms with van der Waals surface area (Å²) in [5.74, 6) is 0.293. The summed E-state index contributed by atoms with van der Waals surface area (Å²) in [5, 5.41) is 0. The van der Waals surface area contributed by atoms with Crippen molar-refractivity contribution in [1.29, 1.82) is 0 Å². The van der Waals surface area contributed by atoms with Crippen LogP contribution in [-0.4, -0.2) is 29.0 Å². The van der Waals surface area contributed by atoms with Gasteiger partial charge in [-0.2, -0.15) is 4.55 Å². The van der Waals surface area contributed by atoms with Crippen LogP contribution in [0.2, 0.25) is 0 Å². The lowest BCUT2D eigenvalue weighted by molar-refractivity contribution is -0.151. The van der Waals surface area contributed by atoms with E-state index < -0.39 is 22.7 Å². The van der Waals surface area contributed by atoms with E-state index in [0.29, 0.717) is 10.6 Å². The molecule has 1 atom stereocenters. The predicted octanol–water partition coefficient (Wildman–Crippen LogP) is 2.49. The lowest BCUT2D eigenvalue weighted by Gasteiger charge is -2.18. The molecule has 1 aromatic carbocycles. The van der Waals surface area contributed by atoms with Gasteiger partial charge in [0, 0.05) is 12.1 Å². The molecule has 0 amide bonds. The third-order valence-corrected chi connectivity index (χ3v) is 3.33. The Kier molecular flexibility index (Phi) is 5.04. The number of rotatable bonds is 4. The van der Waals surface area contributed by atoms with Gasteiger partial charge in [0.15, 0.2) is 16.1 Å². The van der Waals surface area contributed by atoms with Gasteiger partial charge in [-0.3, -0.25) is 0 Å². The van der Waals surface area contributed by atoms with E-state index in [1.165, 1.54) is 0 Å². The average Bonchev–Trinajstić information content (AvgIpc) is 2.26. The lowest BCUT2D eigenvalue weighted by Crippen LogP contribution is -2.28. The summed E-state index contributed by atoms with van der Waals surface area (Å²) in [7, 11) is 1.58. The third kappa shape index (κ3) is 4.98. The standard InChI is InChI=1S/C13H19O4S/c1-13(2,3)17-12(14)9-18(15)11-7-5-10(16-4)6-8-11/h5-8,15H,9H2,1-4H3/q+1. The Hall–Kier alpha value is -1.20. The van der Waals surface area contributed by atoms with Crippen LogP contribution in [0.5, 0.6) is 5.75 Å². The molecule has 5 heteroatoms. The molecule has 0 spiro atoms. The summed E-state index contributed by atoms with van der Waals surface area (Å²) < 4.78 is 20.1. The molecule has 0 fully saturated rings. The van der Waals surface area contributed by atoms with E-state index in [1.807, 2.05) is 0 Å². The number of carbonyl (C=O) groups is 1. The first-order valence-electron chi connectivity index (χ1n) is 5.58. The normalized spacial score (nSPS) is 12.9. The average molecular weight is 271 g/mol. The first-order valence-corrected chi connectivity index (χ1v) is 6.93. The van der Waals surface area contributed by atoms with Gasteiger partial charge in [0.1, 0.15) is 11.4 Å². The van der Waals surface area contributed by atoms with E-state index in [9.17, 15) is 9.35 Å². The number of carbonyl (C=O) groups excluding carboxylic acids is 1. The Morgan fingerprint density at radius 3 is 2.28 bits per heavy atom. The molecule has 1 N–H and O–H groups in total. The number of hydrogen-bond donors (Lipinski definition) is 1. The van der Waals surface area contributed by atoms with Crippen molar-refractivity contribution in [2.75, 3.05) is 12.9 Å². The Balaban J connectivity index is 2.59. The largest absolute Gasteiger partial charge is 0.497 e. The van der Waals surface area contributed by atoms with Crippen LogP contribution in [0.1, 0.15) is 20.8 Å². The number of esters is 1. The maximum atomic E-state index is 11.6. The number of methoxy groups -OCH3 is 1. The third-order valence-electron chi connectivity index (χ3n) is 2.01. The fourth-order valence-electron chi connectivity index (χ4n) is 1.30. The van der Waals surface area contributed by atoms with Gasteiger partial charge in [0.2, 0.25) is 5.75 Å². The van der Waals surface area contributed by atoms with Crippen molar-refractivity contribution in [2.24, 2.45) is 0 Å². The molecule has 1 unspecified atom stereocenters. The highest BCUT2D eigenvalue weighted by atomic mass is 32.2. The second kappa shape index (κ2) is 6.11. The van der Waals surface area contributed by atoms with Crippen molar-refractivity contribution in [2.45, 2.75) is 31.3 Å². The van der Waals surface area contributed by atoms with Crippen LogP contribution >= 0.6 is 0 Å². The minimum Gasteiger partial charge on any atom is -0.497 e. The van der Waals surface area contributed by atoms with E-state index in [2.05, 4.69) is 0 Å². The van der Waals surface area contributed by atoms with Crippen molar-refractivity contribution < 1.29 is 18.8 Å². The van der Waals surface area contributed by atoms with Crippen LogP contribution < -0.4 is 4.74 Å². The maximum Gasteiger partial charge on any atom is 0.360 e. The van der Waals surface area contributed by atoms with Crippen molar-refractivity contribution in [3.8, 4) is 5.75 Å². The smallest absolute Gasteiger partial charge is 0.360 e. The molecule has 0 aliphatic heterocycles. The zero-order valence-corrected chi connectivity index (χ0v) is 11.9. The van der Waals surface area contributed by atoms with Gasteiger partial charge in [-0.15, -0.1) is 0 Å². The van der Waals surface area contributed by atoms with E-state index in [-0.39, 0.29) is 5.75 Å². The summed E-state index contributed by atoms with van der Waals surface area (Å²) >= 11 is -1.14. The first kappa shape index (κ1) is 14.9. The number of ether oxygens (including phenoxy) is 2. The zero-order valence-electron chi connectivity index (χ0n) is 11.1. The highest BCUT2D eigenvalue weighted by Crippen LogP contribution is 2.17. The molecule has 4 nitrogen and oxygen atoms in total. The summed E-state index contributed by atoms with van der Waals surface area (Å²) in [4.78, 5) is 12.3. The molecule has 1 aromatic rings. The molecule has 0 aliphatic rings. The molecule has 0 saturated heterocycles. The Morgan fingerprint density at radius 1 is 1.28 bits per heavy atom. The zero-order chi connectivity index (χ0) is 13.8. The van der Waals surface area contributed by atoms with E-state index in [1.54, 1.807) is 52.1 Å². The van der Waals surface area contributed by atoms with Gasteiger partial charge in [-0.05, 0) is 32.9 Å².